The summed E-state index contributed by atoms with van der Waals surface area (Å²) >= 11 is 0. The Morgan fingerprint density at radius 3 is 3.10 bits per heavy atom. The average Bonchev–Trinajstić information content (AvgIpc) is 2.98. The van der Waals surface area contributed by atoms with E-state index in [1.165, 1.54) is 25.7 Å². The number of rotatable bonds is 3. The Bertz CT molecular complexity index is 509. The predicted octanol–water partition coefficient (Wildman–Crippen LogP) is 1.24. The second-order valence-corrected chi connectivity index (χ2v) is 6.36. The molecule has 6 nitrogen and oxygen atoms in total. The van der Waals surface area contributed by atoms with Crippen molar-refractivity contribution in [2.24, 2.45) is 17.8 Å². The van der Waals surface area contributed by atoms with E-state index in [0.717, 1.165) is 43.2 Å². The zero-order valence-electron chi connectivity index (χ0n) is 11.7. The van der Waals surface area contributed by atoms with Crippen molar-refractivity contribution in [2.45, 2.75) is 38.8 Å². The van der Waals surface area contributed by atoms with Gasteiger partial charge in [0.05, 0.1) is 13.1 Å². The molecule has 4 rings (SSSR count). The largest absolute Gasteiger partial charge is 0.338 e. The smallest absolute Gasteiger partial charge is 0.317 e. The van der Waals surface area contributed by atoms with Gasteiger partial charge in [-0.1, -0.05) is 19.3 Å². The van der Waals surface area contributed by atoms with Crippen LogP contribution in [0.3, 0.4) is 0 Å². The summed E-state index contributed by atoms with van der Waals surface area (Å²) in [4.78, 5) is 18.2. The molecule has 2 heterocycles. The van der Waals surface area contributed by atoms with Gasteiger partial charge < -0.3 is 10.2 Å². The molecule has 3 aliphatic rings. The molecule has 1 aromatic rings. The van der Waals surface area contributed by atoms with Crippen LogP contribution in [0, 0.1) is 17.8 Å². The van der Waals surface area contributed by atoms with E-state index in [9.17, 15) is 4.79 Å². The van der Waals surface area contributed by atoms with E-state index in [-0.39, 0.29) is 6.03 Å². The third-order valence-electron chi connectivity index (χ3n) is 5.15. The zero-order valence-corrected chi connectivity index (χ0v) is 11.7. The molecule has 6 heteroatoms. The molecule has 0 aromatic carbocycles. The standard InChI is InChI=1S/C14H21N5O/c20-14(15-7-11-6-12(11)10-2-1-3-10)18-4-5-19-13(8-18)16-9-17-19/h9-12H,1-8H2,(H,15,20)/t11-,12-/m0/s1. The maximum absolute atomic E-state index is 12.2. The summed E-state index contributed by atoms with van der Waals surface area (Å²) in [5.41, 5.74) is 0. The fourth-order valence-corrected chi connectivity index (χ4v) is 3.52. The van der Waals surface area contributed by atoms with E-state index in [1.807, 2.05) is 9.58 Å². The van der Waals surface area contributed by atoms with Gasteiger partial charge in [0.1, 0.15) is 12.2 Å². The summed E-state index contributed by atoms with van der Waals surface area (Å²) in [7, 11) is 0. The number of nitrogens with one attached hydrogen (secondary N) is 1. The predicted molar refractivity (Wildman–Crippen MR) is 72.8 cm³/mol. The Morgan fingerprint density at radius 2 is 2.30 bits per heavy atom. The topological polar surface area (TPSA) is 63.1 Å². The van der Waals surface area contributed by atoms with Gasteiger partial charge in [-0.05, 0) is 24.2 Å². The summed E-state index contributed by atoms with van der Waals surface area (Å²) < 4.78 is 1.87. The van der Waals surface area contributed by atoms with Gasteiger partial charge in [0, 0.05) is 13.1 Å². The molecule has 0 radical (unpaired) electrons. The first-order chi connectivity index (χ1) is 9.81. The second kappa shape index (κ2) is 4.75. The van der Waals surface area contributed by atoms with Crippen molar-refractivity contribution in [2.75, 3.05) is 13.1 Å². The molecule has 2 atom stereocenters. The second-order valence-electron chi connectivity index (χ2n) is 6.36. The van der Waals surface area contributed by atoms with Crippen LogP contribution < -0.4 is 5.32 Å². The molecule has 1 N–H and O–H groups in total. The molecule has 2 amide bonds. The molecule has 0 spiro atoms. The van der Waals surface area contributed by atoms with Crippen molar-refractivity contribution in [3.8, 4) is 0 Å². The number of fused-ring (bicyclic) bond motifs is 1. The lowest BCUT2D eigenvalue weighted by atomic mass is 9.81. The summed E-state index contributed by atoms with van der Waals surface area (Å²) in [6.07, 6.45) is 7.12. The van der Waals surface area contributed by atoms with Crippen molar-refractivity contribution in [1.82, 2.24) is 25.0 Å². The Hall–Kier alpha value is -1.59. The number of amides is 2. The minimum absolute atomic E-state index is 0.0542. The van der Waals surface area contributed by atoms with Gasteiger partial charge in [0.15, 0.2) is 0 Å². The molecular weight excluding hydrogens is 254 g/mol. The number of hydrogen-bond donors (Lipinski definition) is 1. The van der Waals surface area contributed by atoms with E-state index < -0.39 is 0 Å². The molecule has 2 saturated carbocycles. The lowest BCUT2D eigenvalue weighted by Gasteiger charge is -2.27. The van der Waals surface area contributed by atoms with E-state index in [0.29, 0.717) is 6.54 Å². The maximum atomic E-state index is 12.2. The number of aromatic nitrogens is 3. The first-order valence-electron chi connectivity index (χ1n) is 7.71. The van der Waals surface area contributed by atoms with Crippen LogP contribution in [0.5, 0.6) is 0 Å². The van der Waals surface area contributed by atoms with Crippen LogP contribution in [0.4, 0.5) is 4.79 Å². The highest BCUT2D eigenvalue weighted by Gasteiger charge is 2.44. The Labute approximate surface area is 118 Å². The normalized spacial score (nSPS) is 28.7. The fraction of sp³-hybridized carbons (Fsp3) is 0.786. The molecule has 2 fully saturated rings. The fourth-order valence-electron chi connectivity index (χ4n) is 3.52. The first kappa shape index (κ1) is 12.2. The molecule has 2 aliphatic carbocycles. The Kier molecular flexibility index (Phi) is 2.89. The molecule has 1 aliphatic heterocycles. The molecule has 0 bridgehead atoms. The number of urea groups is 1. The summed E-state index contributed by atoms with van der Waals surface area (Å²) in [5, 5.41) is 7.23. The van der Waals surface area contributed by atoms with E-state index in [2.05, 4.69) is 15.4 Å². The molecule has 0 unspecified atom stereocenters. The summed E-state index contributed by atoms with van der Waals surface area (Å²) in [6, 6.07) is 0.0542. The van der Waals surface area contributed by atoms with Crippen LogP contribution in [0.1, 0.15) is 31.5 Å². The van der Waals surface area contributed by atoms with Crippen LogP contribution in [0.25, 0.3) is 0 Å². The Morgan fingerprint density at radius 1 is 1.40 bits per heavy atom. The third-order valence-corrected chi connectivity index (χ3v) is 5.15. The van der Waals surface area contributed by atoms with Crippen LogP contribution >= 0.6 is 0 Å². The number of carbonyl (C=O) groups excluding carboxylic acids is 1. The lowest BCUT2D eigenvalue weighted by molar-refractivity contribution is 0.178. The molecular formula is C14H21N5O. The highest BCUT2D eigenvalue weighted by Crippen LogP contribution is 2.51. The van der Waals surface area contributed by atoms with Gasteiger partial charge in [-0.3, -0.25) is 0 Å². The third kappa shape index (κ3) is 2.17. The van der Waals surface area contributed by atoms with Crippen molar-refractivity contribution in [1.29, 1.82) is 0 Å². The van der Waals surface area contributed by atoms with Gasteiger partial charge >= 0.3 is 6.03 Å². The first-order valence-corrected chi connectivity index (χ1v) is 7.71. The highest BCUT2D eigenvalue weighted by atomic mass is 16.2. The quantitative estimate of drug-likeness (QED) is 0.902. The van der Waals surface area contributed by atoms with Gasteiger partial charge in [-0.15, -0.1) is 0 Å². The van der Waals surface area contributed by atoms with Crippen LogP contribution in [-0.2, 0) is 13.1 Å². The van der Waals surface area contributed by atoms with Gasteiger partial charge in [-0.25, -0.2) is 14.5 Å². The number of carbonyl (C=O) groups is 1. The Balaban J connectivity index is 1.25. The van der Waals surface area contributed by atoms with E-state index in [1.54, 1.807) is 6.33 Å². The maximum Gasteiger partial charge on any atom is 0.317 e. The number of hydrogen-bond acceptors (Lipinski definition) is 3. The SMILES string of the molecule is O=C(NC[C@@H]1C[C@H]1C1CCC1)N1CCn2ncnc2C1. The highest BCUT2D eigenvalue weighted by molar-refractivity contribution is 5.74. The van der Waals surface area contributed by atoms with Crippen LogP contribution in [0.2, 0.25) is 0 Å². The van der Waals surface area contributed by atoms with Crippen molar-refractivity contribution >= 4 is 6.03 Å². The molecule has 0 saturated heterocycles. The van der Waals surface area contributed by atoms with Gasteiger partial charge in [0.25, 0.3) is 0 Å². The van der Waals surface area contributed by atoms with E-state index >= 15 is 0 Å². The monoisotopic (exact) mass is 275 g/mol. The van der Waals surface area contributed by atoms with Crippen molar-refractivity contribution < 1.29 is 4.79 Å². The number of nitrogens with zero attached hydrogens (tertiary/aromatic N) is 4. The van der Waals surface area contributed by atoms with E-state index in [4.69, 9.17) is 0 Å². The minimum Gasteiger partial charge on any atom is -0.338 e. The summed E-state index contributed by atoms with van der Waals surface area (Å²) in [5.74, 6) is 3.47. The minimum atomic E-state index is 0.0542. The van der Waals surface area contributed by atoms with Crippen molar-refractivity contribution in [3.05, 3.63) is 12.2 Å². The molecule has 108 valence electrons. The lowest BCUT2D eigenvalue weighted by Crippen LogP contribution is -2.45. The van der Waals surface area contributed by atoms with Crippen molar-refractivity contribution in [3.63, 3.8) is 0 Å². The zero-order chi connectivity index (χ0) is 13.5. The molecule has 1 aromatic heterocycles. The summed E-state index contributed by atoms with van der Waals surface area (Å²) in [6.45, 7) is 2.89. The van der Waals surface area contributed by atoms with Crippen LogP contribution in [-0.4, -0.2) is 38.8 Å². The average molecular weight is 275 g/mol. The van der Waals surface area contributed by atoms with Crippen LogP contribution in [0.15, 0.2) is 6.33 Å². The van der Waals surface area contributed by atoms with Gasteiger partial charge in [0.2, 0.25) is 0 Å². The molecule has 20 heavy (non-hydrogen) atoms. The van der Waals surface area contributed by atoms with Gasteiger partial charge in [-0.2, -0.15) is 5.10 Å².